The lowest BCUT2D eigenvalue weighted by molar-refractivity contribution is 0.0981. The molecular formula is C31H29FN4O4S2. The molecule has 4 aromatic rings. The molecule has 2 aliphatic rings. The highest BCUT2D eigenvalue weighted by atomic mass is 32.2. The summed E-state index contributed by atoms with van der Waals surface area (Å²) in [6.07, 6.45) is 1.53. The monoisotopic (exact) mass is 604 g/mol. The van der Waals surface area contributed by atoms with Gasteiger partial charge in [-0.25, -0.2) is 17.8 Å². The molecular weight excluding hydrogens is 575 g/mol. The van der Waals surface area contributed by atoms with Gasteiger partial charge in [-0.1, -0.05) is 36.4 Å². The summed E-state index contributed by atoms with van der Waals surface area (Å²) < 4.78 is 37.9. The fourth-order valence-corrected chi connectivity index (χ4v) is 8.03. The number of rotatable bonds is 5. The van der Waals surface area contributed by atoms with Crippen LogP contribution in [0, 0.1) is 12.7 Å². The third kappa shape index (κ3) is 5.66. The second kappa shape index (κ2) is 11.3. The maximum absolute atomic E-state index is 14.4. The van der Waals surface area contributed by atoms with Crippen LogP contribution in [0.3, 0.4) is 0 Å². The summed E-state index contributed by atoms with van der Waals surface area (Å²) in [5.41, 5.74) is 3.58. The molecule has 2 aromatic carbocycles. The van der Waals surface area contributed by atoms with Crippen molar-refractivity contribution in [3.8, 4) is 10.4 Å². The number of amides is 2. The standard InChI is InChI=1S/C31H29FN4O4S2/c1-19-6-4-8-23(32)28(19)35-30(37)26-18-20-12-15-36(25-10-3-2-7-22(25)29(20)41-26)31(38)24-9-5-11-27(34-24)33-21-13-16-42(39,40)17-14-21/h2-11,18,21H,12-17H2,1H3,(H,33,34)(H,35,37). The zero-order chi connectivity index (χ0) is 29.4. The van der Waals surface area contributed by atoms with Gasteiger partial charge in [-0.15, -0.1) is 11.3 Å². The van der Waals surface area contributed by atoms with Gasteiger partial charge < -0.3 is 15.5 Å². The van der Waals surface area contributed by atoms with Gasteiger partial charge in [0.25, 0.3) is 11.8 Å². The molecule has 1 saturated heterocycles. The molecule has 0 atom stereocenters. The quantitative estimate of drug-likeness (QED) is 0.303. The van der Waals surface area contributed by atoms with E-state index in [-0.39, 0.29) is 40.7 Å². The van der Waals surface area contributed by atoms with Crippen LogP contribution in [0.5, 0.6) is 0 Å². The normalized spacial score (nSPS) is 16.2. The summed E-state index contributed by atoms with van der Waals surface area (Å²) in [5, 5.41) is 6.01. The van der Waals surface area contributed by atoms with E-state index in [1.54, 1.807) is 42.2 Å². The minimum absolute atomic E-state index is 0.0185. The summed E-state index contributed by atoms with van der Waals surface area (Å²) >= 11 is 1.32. The molecule has 2 aromatic heterocycles. The van der Waals surface area contributed by atoms with Crippen molar-refractivity contribution in [2.45, 2.75) is 32.2 Å². The molecule has 0 spiro atoms. The van der Waals surface area contributed by atoms with E-state index in [2.05, 4.69) is 15.6 Å². The van der Waals surface area contributed by atoms with Crippen LogP contribution in [0.4, 0.5) is 21.6 Å². The Labute approximate surface area is 247 Å². The van der Waals surface area contributed by atoms with Crippen LogP contribution < -0.4 is 15.5 Å². The molecule has 8 nitrogen and oxygen atoms in total. The highest BCUT2D eigenvalue weighted by Gasteiger charge is 2.29. The topological polar surface area (TPSA) is 108 Å². The zero-order valence-corrected chi connectivity index (χ0v) is 24.5. The van der Waals surface area contributed by atoms with Gasteiger partial charge in [0.1, 0.15) is 27.2 Å². The van der Waals surface area contributed by atoms with Gasteiger partial charge in [0.2, 0.25) is 0 Å². The molecule has 0 unspecified atom stereocenters. The van der Waals surface area contributed by atoms with E-state index < -0.39 is 15.7 Å². The van der Waals surface area contributed by atoms with E-state index in [1.807, 2.05) is 30.3 Å². The number of carbonyl (C=O) groups is 2. The maximum Gasteiger partial charge on any atom is 0.276 e. The number of fused-ring (bicyclic) bond motifs is 3. The number of aryl methyl sites for hydroxylation is 1. The number of thiophene rings is 1. The Morgan fingerprint density at radius 2 is 1.79 bits per heavy atom. The first kappa shape index (κ1) is 28.0. The molecule has 2 aliphatic heterocycles. The first-order valence-corrected chi connectivity index (χ1v) is 16.4. The number of sulfone groups is 1. The van der Waals surface area contributed by atoms with Crippen molar-refractivity contribution in [3.05, 3.63) is 94.2 Å². The Bertz CT molecular complexity index is 1770. The summed E-state index contributed by atoms with van der Waals surface area (Å²) in [6, 6.07) is 19.3. The molecule has 2 N–H and O–H groups in total. The average Bonchev–Trinajstić information content (AvgIpc) is 3.34. The fourth-order valence-electron chi connectivity index (χ4n) is 5.40. The second-order valence-corrected chi connectivity index (χ2v) is 13.9. The number of hydrogen-bond acceptors (Lipinski definition) is 7. The molecule has 0 saturated carbocycles. The number of nitrogens with one attached hydrogen (secondary N) is 2. The third-order valence-corrected chi connectivity index (χ3v) is 10.6. The highest BCUT2D eigenvalue weighted by Crippen LogP contribution is 2.42. The first-order chi connectivity index (χ1) is 20.2. The predicted octanol–water partition coefficient (Wildman–Crippen LogP) is 5.70. The molecule has 42 heavy (non-hydrogen) atoms. The lowest BCUT2D eigenvalue weighted by atomic mass is 10.1. The molecule has 0 aliphatic carbocycles. The van der Waals surface area contributed by atoms with Gasteiger partial charge in [0.05, 0.1) is 27.8 Å². The molecule has 2 amide bonds. The Hall–Kier alpha value is -4.09. The summed E-state index contributed by atoms with van der Waals surface area (Å²) in [6.45, 7) is 2.13. The smallest absolute Gasteiger partial charge is 0.276 e. The minimum Gasteiger partial charge on any atom is -0.367 e. The number of aromatic nitrogens is 1. The number of pyridine rings is 1. The van der Waals surface area contributed by atoms with Crippen molar-refractivity contribution in [3.63, 3.8) is 0 Å². The molecule has 6 rings (SSSR count). The van der Waals surface area contributed by atoms with Gasteiger partial charge in [-0.2, -0.15) is 0 Å². The lowest BCUT2D eigenvalue weighted by Crippen LogP contribution is -2.34. The Balaban J connectivity index is 1.24. The number of halogens is 1. The van der Waals surface area contributed by atoms with E-state index in [9.17, 15) is 22.4 Å². The maximum atomic E-state index is 14.4. The van der Waals surface area contributed by atoms with Gasteiger partial charge >= 0.3 is 0 Å². The molecule has 0 radical (unpaired) electrons. The van der Waals surface area contributed by atoms with Crippen molar-refractivity contribution in [2.75, 3.05) is 33.6 Å². The van der Waals surface area contributed by atoms with Crippen LogP contribution in [-0.2, 0) is 16.3 Å². The van der Waals surface area contributed by atoms with Crippen LogP contribution in [0.2, 0.25) is 0 Å². The second-order valence-electron chi connectivity index (χ2n) is 10.6. The van der Waals surface area contributed by atoms with Crippen molar-refractivity contribution >= 4 is 50.2 Å². The molecule has 216 valence electrons. The highest BCUT2D eigenvalue weighted by molar-refractivity contribution is 7.91. The largest absolute Gasteiger partial charge is 0.367 e. The summed E-state index contributed by atoms with van der Waals surface area (Å²) in [4.78, 5) is 34.6. The van der Waals surface area contributed by atoms with E-state index in [4.69, 9.17) is 0 Å². The lowest BCUT2D eigenvalue weighted by Gasteiger charge is -2.25. The number of hydrogen-bond donors (Lipinski definition) is 2. The summed E-state index contributed by atoms with van der Waals surface area (Å²) in [7, 11) is -2.98. The van der Waals surface area contributed by atoms with Gasteiger partial charge in [0, 0.05) is 23.0 Å². The number of benzene rings is 2. The first-order valence-electron chi connectivity index (χ1n) is 13.7. The van der Waals surface area contributed by atoms with Crippen LogP contribution >= 0.6 is 11.3 Å². The fraction of sp³-hybridized carbons (Fsp3) is 0.258. The predicted molar refractivity (Wildman–Crippen MR) is 164 cm³/mol. The average molecular weight is 605 g/mol. The van der Waals surface area contributed by atoms with Crippen LogP contribution in [0.1, 0.15) is 44.1 Å². The zero-order valence-electron chi connectivity index (χ0n) is 22.9. The van der Waals surface area contributed by atoms with E-state index in [0.717, 1.165) is 21.7 Å². The molecule has 4 heterocycles. The van der Waals surface area contributed by atoms with Crippen LogP contribution in [-0.4, -0.2) is 49.3 Å². The Morgan fingerprint density at radius 1 is 1.02 bits per heavy atom. The minimum atomic E-state index is -2.98. The molecule has 1 fully saturated rings. The SMILES string of the molecule is Cc1cccc(F)c1NC(=O)c1cc2c(s1)-c1ccccc1N(C(=O)c1cccc(NC3CCS(=O)(=O)CC3)n1)CC2. The van der Waals surface area contributed by atoms with E-state index in [1.165, 1.54) is 17.4 Å². The van der Waals surface area contributed by atoms with Crippen molar-refractivity contribution < 1.29 is 22.4 Å². The molecule has 0 bridgehead atoms. The Kier molecular flexibility index (Phi) is 7.54. The van der Waals surface area contributed by atoms with Crippen LogP contribution in [0.25, 0.3) is 10.4 Å². The van der Waals surface area contributed by atoms with E-state index >= 15 is 0 Å². The van der Waals surface area contributed by atoms with Crippen molar-refractivity contribution in [1.29, 1.82) is 0 Å². The number of anilines is 3. The summed E-state index contributed by atoms with van der Waals surface area (Å²) in [5.74, 6) is -0.293. The Morgan fingerprint density at radius 3 is 2.57 bits per heavy atom. The van der Waals surface area contributed by atoms with Gasteiger partial charge in [-0.3, -0.25) is 9.59 Å². The number of para-hydroxylation sites is 2. The number of nitrogens with zero attached hydrogens (tertiary/aromatic N) is 2. The van der Waals surface area contributed by atoms with Gasteiger partial charge in [-0.05, 0) is 67.6 Å². The van der Waals surface area contributed by atoms with Crippen molar-refractivity contribution in [2.24, 2.45) is 0 Å². The van der Waals surface area contributed by atoms with Crippen molar-refractivity contribution in [1.82, 2.24) is 4.98 Å². The molecule has 11 heteroatoms. The van der Waals surface area contributed by atoms with Gasteiger partial charge in [0.15, 0.2) is 0 Å². The van der Waals surface area contributed by atoms with E-state index in [0.29, 0.717) is 42.1 Å². The number of carbonyl (C=O) groups excluding carboxylic acids is 2. The van der Waals surface area contributed by atoms with Crippen LogP contribution in [0.15, 0.2) is 66.7 Å². The third-order valence-electron chi connectivity index (χ3n) is 7.66.